The predicted molar refractivity (Wildman–Crippen MR) is 102 cm³/mol. The minimum absolute atomic E-state index is 0.194. The Kier molecular flexibility index (Phi) is 7.40. The van der Waals surface area contributed by atoms with Gasteiger partial charge in [0.15, 0.2) is 0 Å². The lowest BCUT2D eigenvalue weighted by Gasteiger charge is -2.33. The average Bonchev–Trinajstić information content (AvgIpc) is 2.62. The van der Waals surface area contributed by atoms with Gasteiger partial charge in [-0.2, -0.15) is 5.26 Å². The molecule has 0 fully saturated rings. The molecule has 0 saturated heterocycles. The summed E-state index contributed by atoms with van der Waals surface area (Å²) in [6.07, 6.45) is 1.11. The molecule has 0 bridgehead atoms. The van der Waals surface area contributed by atoms with Crippen LogP contribution in [-0.2, 0) is 11.3 Å². The Labute approximate surface area is 162 Å². The largest absolute Gasteiger partial charge is 0.362 e. The first-order valence-corrected chi connectivity index (χ1v) is 8.74. The lowest BCUT2D eigenvalue weighted by Crippen LogP contribution is -2.41. The summed E-state index contributed by atoms with van der Waals surface area (Å²) >= 11 is 12.4. The van der Waals surface area contributed by atoms with E-state index in [2.05, 4.69) is 5.32 Å². The molecule has 0 amide bonds. The maximum absolute atomic E-state index is 13.7. The molecule has 0 saturated carbocycles. The van der Waals surface area contributed by atoms with E-state index in [0.29, 0.717) is 34.3 Å². The van der Waals surface area contributed by atoms with E-state index in [9.17, 15) is 9.18 Å². The number of carbonyl (C=O) groups is 1. The molecule has 0 unspecified atom stereocenters. The molecular formula is C19H18Cl2FN3O. The van der Waals surface area contributed by atoms with Gasteiger partial charge in [-0.1, -0.05) is 23.2 Å². The van der Waals surface area contributed by atoms with Crippen molar-refractivity contribution in [1.29, 1.82) is 5.26 Å². The highest BCUT2D eigenvalue weighted by molar-refractivity contribution is 6.32. The standard InChI is InChI=1S/C19H18Cl2FN3O/c1-24-11-17(6-7-26)25(12-14-8-15(22)3-5-18(14)20)16-4-2-13(10-23)19(21)9-16/h2-5,7-9,17,24H,6,11-12H2,1H3/t17-/m0/s1. The molecule has 2 aromatic carbocycles. The summed E-state index contributed by atoms with van der Waals surface area (Å²) in [7, 11) is 1.79. The molecule has 26 heavy (non-hydrogen) atoms. The monoisotopic (exact) mass is 393 g/mol. The average molecular weight is 394 g/mol. The number of aldehydes is 1. The maximum atomic E-state index is 13.7. The van der Waals surface area contributed by atoms with Crippen LogP contribution in [0.4, 0.5) is 10.1 Å². The summed E-state index contributed by atoms with van der Waals surface area (Å²) in [6.45, 7) is 0.822. The van der Waals surface area contributed by atoms with Crippen molar-refractivity contribution >= 4 is 35.2 Å². The van der Waals surface area contributed by atoms with Crippen LogP contribution in [0.25, 0.3) is 0 Å². The van der Waals surface area contributed by atoms with E-state index >= 15 is 0 Å². The van der Waals surface area contributed by atoms with Gasteiger partial charge < -0.3 is 15.0 Å². The number of hydrogen-bond acceptors (Lipinski definition) is 4. The minimum Gasteiger partial charge on any atom is -0.362 e. The van der Waals surface area contributed by atoms with E-state index in [1.54, 1.807) is 25.2 Å². The Morgan fingerprint density at radius 2 is 2.04 bits per heavy atom. The lowest BCUT2D eigenvalue weighted by atomic mass is 10.1. The number of nitriles is 1. The highest BCUT2D eigenvalue weighted by Crippen LogP contribution is 2.29. The van der Waals surface area contributed by atoms with Crippen LogP contribution < -0.4 is 10.2 Å². The second-order valence-corrected chi connectivity index (χ2v) is 6.57. The third-order valence-corrected chi connectivity index (χ3v) is 4.68. The molecular weight excluding hydrogens is 376 g/mol. The first-order chi connectivity index (χ1) is 12.5. The third-order valence-electron chi connectivity index (χ3n) is 4.00. The van der Waals surface area contributed by atoms with Gasteiger partial charge in [-0.25, -0.2) is 4.39 Å². The molecule has 136 valence electrons. The van der Waals surface area contributed by atoms with Gasteiger partial charge in [0.25, 0.3) is 0 Å². The lowest BCUT2D eigenvalue weighted by molar-refractivity contribution is -0.108. The van der Waals surface area contributed by atoms with E-state index in [4.69, 9.17) is 28.5 Å². The summed E-state index contributed by atoms with van der Waals surface area (Å²) in [6, 6.07) is 11.0. The topological polar surface area (TPSA) is 56.1 Å². The van der Waals surface area contributed by atoms with Crippen LogP contribution in [0, 0.1) is 17.1 Å². The zero-order chi connectivity index (χ0) is 19.1. The first-order valence-electron chi connectivity index (χ1n) is 7.98. The molecule has 0 aliphatic rings. The van der Waals surface area contributed by atoms with Crippen LogP contribution in [0.3, 0.4) is 0 Å². The fraction of sp³-hybridized carbons (Fsp3) is 0.263. The number of halogens is 3. The van der Waals surface area contributed by atoms with Crippen molar-refractivity contribution in [2.45, 2.75) is 19.0 Å². The Hall–Kier alpha value is -2.13. The predicted octanol–water partition coefficient (Wildman–Crippen LogP) is 4.19. The van der Waals surface area contributed by atoms with E-state index in [1.807, 2.05) is 11.0 Å². The van der Waals surface area contributed by atoms with Crippen molar-refractivity contribution in [3.05, 3.63) is 63.4 Å². The fourth-order valence-corrected chi connectivity index (χ4v) is 3.11. The van der Waals surface area contributed by atoms with E-state index < -0.39 is 0 Å². The molecule has 4 nitrogen and oxygen atoms in total. The number of benzene rings is 2. The molecule has 0 aliphatic heterocycles. The molecule has 2 rings (SSSR count). The SMILES string of the molecule is CNC[C@H](CC=O)N(Cc1cc(F)ccc1Cl)c1ccc(C#N)c(Cl)c1. The van der Waals surface area contributed by atoms with E-state index in [1.165, 1.54) is 18.2 Å². The normalized spacial score (nSPS) is 11.7. The maximum Gasteiger partial charge on any atom is 0.123 e. The van der Waals surface area contributed by atoms with E-state index in [-0.39, 0.29) is 18.3 Å². The van der Waals surface area contributed by atoms with Gasteiger partial charge in [-0.15, -0.1) is 0 Å². The smallest absolute Gasteiger partial charge is 0.123 e. The molecule has 0 spiro atoms. The van der Waals surface area contributed by atoms with Crippen molar-refractivity contribution in [1.82, 2.24) is 5.32 Å². The van der Waals surface area contributed by atoms with Crippen LogP contribution in [0.2, 0.25) is 10.0 Å². The molecule has 7 heteroatoms. The number of hydrogen-bond donors (Lipinski definition) is 1. The van der Waals surface area contributed by atoms with Gasteiger partial charge in [0.2, 0.25) is 0 Å². The highest BCUT2D eigenvalue weighted by atomic mass is 35.5. The Morgan fingerprint density at radius 3 is 2.65 bits per heavy atom. The van der Waals surface area contributed by atoms with Crippen LogP contribution in [-0.4, -0.2) is 25.9 Å². The minimum atomic E-state index is -0.386. The molecule has 1 atom stereocenters. The van der Waals surface area contributed by atoms with Crippen LogP contribution in [0.1, 0.15) is 17.5 Å². The molecule has 2 aromatic rings. The van der Waals surface area contributed by atoms with Crippen molar-refractivity contribution in [2.75, 3.05) is 18.5 Å². The quantitative estimate of drug-likeness (QED) is 0.683. The number of nitrogens with one attached hydrogen (secondary N) is 1. The molecule has 0 radical (unpaired) electrons. The van der Waals surface area contributed by atoms with Crippen molar-refractivity contribution in [2.24, 2.45) is 0 Å². The molecule has 0 aromatic heterocycles. The van der Waals surface area contributed by atoms with Crippen molar-refractivity contribution < 1.29 is 9.18 Å². The number of carbonyl (C=O) groups excluding carboxylic acids is 1. The van der Waals surface area contributed by atoms with Crippen molar-refractivity contribution in [3.8, 4) is 6.07 Å². The number of likely N-dealkylation sites (N-methyl/N-ethyl adjacent to an activating group) is 1. The molecule has 0 heterocycles. The summed E-state index contributed by atoms with van der Waals surface area (Å²) in [5.74, 6) is -0.386. The van der Waals surface area contributed by atoms with Gasteiger partial charge in [0, 0.05) is 36.3 Å². The highest BCUT2D eigenvalue weighted by Gasteiger charge is 2.21. The van der Waals surface area contributed by atoms with Gasteiger partial charge in [-0.05, 0) is 49.0 Å². The van der Waals surface area contributed by atoms with Crippen LogP contribution in [0.5, 0.6) is 0 Å². The summed E-state index contributed by atoms with van der Waals surface area (Å²) in [4.78, 5) is 13.1. The Bertz CT molecular complexity index is 823. The summed E-state index contributed by atoms with van der Waals surface area (Å²) in [5, 5.41) is 12.9. The van der Waals surface area contributed by atoms with E-state index in [0.717, 1.165) is 12.0 Å². The fourth-order valence-electron chi connectivity index (χ4n) is 2.72. The van der Waals surface area contributed by atoms with Crippen molar-refractivity contribution in [3.63, 3.8) is 0 Å². The van der Waals surface area contributed by atoms with Gasteiger partial charge in [-0.3, -0.25) is 0 Å². The Morgan fingerprint density at radius 1 is 1.27 bits per heavy atom. The molecule has 1 N–H and O–H groups in total. The van der Waals surface area contributed by atoms with Gasteiger partial charge >= 0.3 is 0 Å². The second-order valence-electron chi connectivity index (χ2n) is 5.75. The summed E-state index contributed by atoms with van der Waals surface area (Å²) in [5.41, 5.74) is 1.68. The number of nitrogens with zero attached hydrogens (tertiary/aromatic N) is 2. The summed E-state index contributed by atoms with van der Waals surface area (Å²) < 4.78 is 13.7. The number of anilines is 1. The zero-order valence-corrected chi connectivity index (χ0v) is 15.7. The molecule has 0 aliphatic carbocycles. The van der Waals surface area contributed by atoms with Crippen LogP contribution >= 0.6 is 23.2 Å². The Balaban J connectivity index is 2.47. The zero-order valence-electron chi connectivity index (χ0n) is 14.2. The van der Waals surface area contributed by atoms with Gasteiger partial charge in [0.05, 0.1) is 10.6 Å². The number of rotatable bonds is 8. The second kappa shape index (κ2) is 9.54. The third kappa shape index (κ3) is 4.95. The first kappa shape index (κ1) is 20.2. The van der Waals surface area contributed by atoms with Gasteiger partial charge in [0.1, 0.15) is 18.2 Å². The van der Waals surface area contributed by atoms with Crippen LogP contribution in [0.15, 0.2) is 36.4 Å².